The van der Waals surface area contributed by atoms with Gasteiger partial charge in [0.15, 0.2) is 0 Å². The number of aromatic nitrogens is 2. The van der Waals surface area contributed by atoms with Crippen molar-refractivity contribution in [1.82, 2.24) is 9.78 Å². The summed E-state index contributed by atoms with van der Waals surface area (Å²) in [7, 11) is 0. The normalized spacial score (nSPS) is 11.7. The summed E-state index contributed by atoms with van der Waals surface area (Å²) in [5, 5.41) is 16.1. The van der Waals surface area contributed by atoms with Crippen molar-refractivity contribution in [2.75, 3.05) is 5.32 Å². The van der Waals surface area contributed by atoms with E-state index in [9.17, 15) is 4.79 Å². The maximum absolute atomic E-state index is 12.1. The maximum atomic E-state index is 12.1. The van der Waals surface area contributed by atoms with Crippen LogP contribution in [0.25, 0.3) is 0 Å². The van der Waals surface area contributed by atoms with E-state index in [-0.39, 0.29) is 11.9 Å². The molecular formula is C16H18N4O. The fourth-order valence-corrected chi connectivity index (χ4v) is 2.33. The van der Waals surface area contributed by atoms with E-state index in [1.807, 2.05) is 31.5 Å². The molecule has 1 aromatic heterocycles. The lowest BCUT2D eigenvalue weighted by atomic mass is 10.2. The van der Waals surface area contributed by atoms with Crippen LogP contribution in [0.5, 0.6) is 0 Å². The van der Waals surface area contributed by atoms with Gasteiger partial charge in [-0.1, -0.05) is 6.07 Å². The summed E-state index contributed by atoms with van der Waals surface area (Å²) in [5.74, 6) is -0.0925. The van der Waals surface area contributed by atoms with Crippen molar-refractivity contribution in [3.63, 3.8) is 0 Å². The fraction of sp³-hybridized carbons (Fsp3) is 0.312. The third kappa shape index (κ3) is 3.69. The first kappa shape index (κ1) is 14.8. The van der Waals surface area contributed by atoms with Gasteiger partial charge in [0.2, 0.25) is 5.91 Å². The molecular weight excluding hydrogens is 264 g/mol. The molecule has 0 unspecified atom stereocenters. The molecule has 2 rings (SSSR count). The fourth-order valence-electron chi connectivity index (χ4n) is 2.33. The summed E-state index contributed by atoms with van der Waals surface area (Å²) in [6, 6.07) is 10.9. The minimum absolute atomic E-state index is 0.0159. The summed E-state index contributed by atoms with van der Waals surface area (Å²) >= 11 is 0. The Hall–Kier alpha value is -2.61. The summed E-state index contributed by atoms with van der Waals surface area (Å²) in [6.45, 7) is 5.87. The Morgan fingerprint density at radius 1 is 1.43 bits per heavy atom. The van der Waals surface area contributed by atoms with Crippen molar-refractivity contribution < 1.29 is 4.79 Å². The molecule has 2 aromatic rings. The smallest absolute Gasteiger partial charge is 0.226 e. The second kappa shape index (κ2) is 6.23. The Kier molecular flexibility index (Phi) is 4.39. The third-order valence-corrected chi connectivity index (χ3v) is 3.22. The first-order chi connectivity index (χ1) is 9.99. The standard InChI is InChI=1S/C16H18N4O/c1-11-7-12(2)20(19-11)13(3)8-16(21)18-15-6-4-5-14(9-15)10-17/h4-7,9,13H,8H2,1-3H3,(H,18,21)/t13-/m0/s1. The van der Waals surface area contributed by atoms with E-state index in [0.717, 1.165) is 11.4 Å². The van der Waals surface area contributed by atoms with Crippen molar-refractivity contribution in [1.29, 1.82) is 5.26 Å². The molecule has 0 saturated heterocycles. The number of rotatable bonds is 4. The zero-order valence-corrected chi connectivity index (χ0v) is 12.4. The molecule has 5 nitrogen and oxygen atoms in total. The zero-order chi connectivity index (χ0) is 15.4. The quantitative estimate of drug-likeness (QED) is 0.937. The van der Waals surface area contributed by atoms with Gasteiger partial charge in [-0.25, -0.2) is 0 Å². The molecule has 5 heteroatoms. The molecule has 108 valence electrons. The van der Waals surface area contributed by atoms with Crippen LogP contribution in [0, 0.1) is 25.2 Å². The molecule has 0 saturated carbocycles. The molecule has 0 aliphatic rings. The topological polar surface area (TPSA) is 70.7 Å². The number of benzene rings is 1. The van der Waals surface area contributed by atoms with Gasteiger partial charge in [-0.15, -0.1) is 0 Å². The van der Waals surface area contributed by atoms with E-state index in [4.69, 9.17) is 5.26 Å². The van der Waals surface area contributed by atoms with E-state index in [2.05, 4.69) is 16.5 Å². The van der Waals surface area contributed by atoms with Gasteiger partial charge in [0.25, 0.3) is 0 Å². The highest BCUT2D eigenvalue weighted by Gasteiger charge is 2.14. The number of nitrogens with zero attached hydrogens (tertiary/aromatic N) is 3. The SMILES string of the molecule is Cc1cc(C)n([C@@H](C)CC(=O)Nc2cccc(C#N)c2)n1. The molecule has 0 fully saturated rings. The van der Waals surface area contributed by atoms with Crippen LogP contribution in [0.1, 0.15) is 36.3 Å². The van der Waals surface area contributed by atoms with Gasteiger partial charge < -0.3 is 5.32 Å². The average molecular weight is 282 g/mol. The van der Waals surface area contributed by atoms with Crippen LogP contribution in [0.15, 0.2) is 30.3 Å². The largest absolute Gasteiger partial charge is 0.326 e. The van der Waals surface area contributed by atoms with E-state index in [1.54, 1.807) is 24.3 Å². The number of anilines is 1. The van der Waals surface area contributed by atoms with E-state index in [0.29, 0.717) is 17.7 Å². The van der Waals surface area contributed by atoms with Crippen LogP contribution < -0.4 is 5.32 Å². The van der Waals surface area contributed by atoms with Crippen molar-refractivity contribution in [3.8, 4) is 6.07 Å². The van der Waals surface area contributed by atoms with Gasteiger partial charge in [0.05, 0.1) is 23.4 Å². The second-order valence-electron chi connectivity index (χ2n) is 5.17. The lowest BCUT2D eigenvalue weighted by Gasteiger charge is -2.14. The lowest BCUT2D eigenvalue weighted by Crippen LogP contribution is -2.19. The molecule has 1 amide bonds. The second-order valence-corrected chi connectivity index (χ2v) is 5.17. The highest BCUT2D eigenvalue weighted by atomic mass is 16.1. The van der Waals surface area contributed by atoms with E-state index >= 15 is 0 Å². The summed E-state index contributed by atoms with van der Waals surface area (Å²) in [4.78, 5) is 12.1. The Balaban J connectivity index is 2.01. The van der Waals surface area contributed by atoms with Gasteiger partial charge in [-0.05, 0) is 45.0 Å². The molecule has 0 bridgehead atoms. The van der Waals surface area contributed by atoms with Crippen molar-refractivity contribution in [3.05, 3.63) is 47.3 Å². The van der Waals surface area contributed by atoms with E-state index in [1.165, 1.54) is 0 Å². The third-order valence-electron chi connectivity index (χ3n) is 3.22. The van der Waals surface area contributed by atoms with Gasteiger partial charge in [-0.3, -0.25) is 9.48 Å². The molecule has 1 heterocycles. The monoisotopic (exact) mass is 282 g/mol. The zero-order valence-electron chi connectivity index (χ0n) is 12.4. The number of aryl methyl sites for hydroxylation is 2. The van der Waals surface area contributed by atoms with Crippen molar-refractivity contribution in [2.45, 2.75) is 33.2 Å². The Morgan fingerprint density at radius 3 is 2.81 bits per heavy atom. The summed E-state index contributed by atoms with van der Waals surface area (Å²) in [6.07, 6.45) is 0.332. The molecule has 1 N–H and O–H groups in total. The molecule has 1 aromatic carbocycles. The number of hydrogen-bond acceptors (Lipinski definition) is 3. The van der Waals surface area contributed by atoms with Crippen LogP contribution in [0.4, 0.5) is 5.69 Å². The number of amides is 1. The Bertz CT molecular complexity index is 697. The highest BCUT2D eigenvalue weighted by molar-refractivity contribution is 5.91. The van der Waals surface area contributed by atoms with Crippen LogP contribution >= 0.6 is 0 Å². The van der Waals surface area contributed by atoms with Crippen LogP contribution in [0.3, 0.4) is 0 Å². The number of nitriles is 1. The molecule has 0 aliphatic heterocycles. The molecule has 0 spiro atoms. The van der Waals surface area contributed by atoms with Crippen LogP contribution in [-0.4, -0.2) is 15.7 Å². The predicted molar refractivity (Wildman–Crippen MR) is 80.8 cm³/mol. The number of carbonyl (C=O) groups excluding carboxylic acids is 1. The van der Waals surface area contributed by atoms with E-state index < -0.39 is 0 Å². The number of hydrogen-bond donors (Lipinski definition) is 1. The van der Waals surface area contributed by atoms with Crippen molar-refractivity contribution >= 4 is 11.6 Å². The van der Waals surface area contributed by atoms with Crippen LogP contribution in [0.2, 0.25) is 0 Å². The van der Waals surface area contributed by atoms with Gasteiger partial charge >= 0.3 is 0 Å². The summed E-state index contributed by atoms with van der Waals surface area (Å²) in [5.41, 5.74) is 3.15. The van der Waals surface area contributed by atoms with Crippen molar-refractivity contribution in [2.24, 2.45) is 0 Å². The van der Waals surface area contributed by atoms with Gasteiger partial charge in [0.1, 0.15) is 0 Å². The van der Waals surface area contributed by atoms with Crippen LogP contribution in [-0.2, 0) is 4.79 Å². The maximum Gasteiger partial charge on any atom is 0.226 e. The lowest BCUT2D eigenvalue weighted by molar-refractivity contribution is -0.116. The average Bonchev–Trinajstić information content (AvgIpc) is 2.77. The molecule has 0 aliphatic carbocycles. The molecule has 1 atom stereocenters. The highest BCUT2D eigenvalue weighted by Crippen LogP contribution is 2.16. The molecule has 0 radical (unpaired) electrons. The first-order valence-electron chi connectivity index (χ1n) is 6.82. The predicted octanol–water partition coefficient (Wildman–Crippen LogP) is 2.96. The minimum Gasteiger partial charge on any atom is -0.326 e. The number of nitrogens with one attached hydrogen (secondary N) is 1. The number of carbonyl (C=O) groups is 1. The Labute approximate surface area is 124 Å². The van der Waals surface area contributed by atoms with Gasteiger partial charge in [0, 0.05) is 17.8 Å². The first-order valence-corrected chi connectivity index (χ1v) is 6.82. The summed E-state index contributed by atoms with van der Waals surface area (Å²) < 4.78 is 1.86. The Morgan fingerprint density at radius 2 is 2.19 bits per heavy atom. The molecule has 21 heavy (non-hydrogen) atoms. The van der Waals surface area contributed by atoms with Gasteiger partial charge in [-0.2, -0.15) is 10.4 Å². The minimum atomic E-state index is -0.0925.